The second-order valence-corrected chi connectivity index (χ2v) is 13.3. The first-order valence-corrected chi connectivity index (χ1v) is 16.3. The summed E-state index contributed by atoms with van der Waals surface area (Å²) in [6.07, 6.45) is -0.524. The van der Waals surface area contributed by atoms with Crippen LogP contribution in [0.5, 0.6) is 5.75 Å². The van der Waals surface area contributed by atoms with Gasteiger partial charge in [-0.05, 0) is 55.6 Å². The number of urea groups is 1. The van der Waals surface area contributed by atoms with E-state index in [0.717, 1.165) is 16.3 Å². The van der Waals surface area contributed by atoms with Gasteiger partial charge in [0.15, 0.2) is 0 Å². The van der Waals surface area contributed by atoms with E-state index in [0.29, 0.717) is 5.69 Å². The number of rotatable bonds is 8. The Morgan fingerprint density at radius 3 is 2.51 bits per heavy atom. The number of nitrogens with one attached hydrogen (secondary N) is 2. The number of anilines is 2. The van der Waals surface area contributed by atoms with Gasteiger partial charge in [0.1, 0.15) is 11.9 Å². The summed E-state index contributed by atoms with van der Waals surface area (Å²) in [6.45, 7) is 5.74. The average molecular weight is 631 g/mol. The molecule has 11 heteroatoms. The molecule has 4 aromatic carbocycles. The molecule has 3 atom stereocenters. The van der Waals surface area contributed by atoms with Crippen molar-refractivity contribution in [3.63, 3.8) is 0 Å². The molecule has 236 valence electrons. The summed E-state index contributed by atoms with van der Waals surface area (Å²) in [4.78, 5) is 30.3. The van der Waals surface area contributed by atoms with Crippen LogP contribution in [0, 0.1) is 12.8 Å². The van der Waals surface area contributed by atoms with E-state index in [1.807, 2.05) is 56.3 Å². The highest BCUT2D eigenvalue weighted by molar-refractivity contribution is 7.92. The minimum Gasteiger partial charge on any atom is -0.487 e. The van der Waals surface area contributed by atoms with Crippen molar-refractivity contribution in [3.05, 3.63) is 96.1 Å². The van der Waals surface area contributed by atoms with E-state index in [1.54, 1.807) is 37.1 Å². The second kappa shape index (κ2) is 13.2. The first-order valence-electron chi connectivity index (χ1n) is 14.8. The van der Waals surface area contributed by atoms with E-state index < -0.39 is 28.1 Å². The Morgan fingerprint density at radius 1 is 1.07 bits per heavy atom. The summed E-state index contributed by atoms with van der Waals surface area (Å²) in [6, 6.07) is 23.7. The highest BCUT2D eigenvalue weighted by atomic mass is 32.2. The minimum absolute atomic E-state index is 0.0941. The number of amides is 3. The second-order valence-electron chi connectivity index (χ2n) is 11.6. The fourth-order valence-corrected chi connectivity index (χ4v) is 6.38. The molecule has 0 aliphatic carbocycles. The van der Waals surface area contributed by atoms with Crippen LogP contribution in [0.25, 0.3) is 10.8 Å². The molecule has 3 amide bonds. The lowest BCUT2D eigenvalue weighted by Gasteiger charge is -2.38. The van der Waals surface area contributed by atoms with Crippen molar-refractivity contribution in [2.45, 2.75) is 37.8 Å². The van der Waals surface area contributed by atoms with Crippen LogP contribution in [-0.2, 0) is 10.0 Å². The largest absolute Gasteiger partial charge is 0.487 e. The van der Waals surface area contributed by atoms with Crippen LogP contribution in [-0.4, -0.2) is 74.2 Å². The molecule has 0 spiro atoms. The minimum atomic E-state index is -3.92. The number of sulfonamides is 1. The van der Waals surface area contributed by atoms with Gasteiger partial charge in [-0.1, -0.05) is 61.0 Å². The van der Waals surface area contributed by atoms with Gasteiger partial charge in [0.2, 0.25) is 0 Å². The number of likely N-dealkylation sites (N-methyl/N-ethyl adjacent to an activating group) is 1. The number of hydrogen-bond donors (Lipinski definition) is 3. The average Bonchev–Trinajstić information content (AvgIpc) is 3.02. The van der Waals surface area contributed by atoms with Crippen molar-refractivity contribution < 1.29 is 27.9 Å². The maximum Gasteiger partial charge on any atom is 0.321 e. The maximum atomic E-state index is 13.8. The van der Waals surface area contributed by atoms with Crippen LogP contribution in [0.2, 0.25) is 0 Å². The molecular weight excluding hydrogens is 592 g/mol. The van der Waals surface area contributed by atoms with Crippen molar-refractivity contribution in [1.29, 1.82) is 0 Å². The maximum absolute atomic E-state index is 13.8. The molecule has 0 bridgehead atoms. The summed E-state index contributed by atoms with van der Waals surface area (Å²) in [5.74, 6) is -0.355. The first-order chi connectivity index (χ1) is 21.5. The zero-order chi connectivity index (χ0) is 32.3. The summed E-state index contributed by atoms with van der Waals surface area (Å²) < 4.78 is 35.1. The Kier molecular flexibility index (Phi) is 9.31. The van der Waals surface area contributed by atoms with E-state index in [2.05, 4.69) is 10.0 Å². The van der Waals surface area contributed by atoms with Gasteiger partial charge in [-0.2, -0.15) is 0 Å². The number of carbonyl (C=O) groups is 2. The van der Waals surface area contributed by atoms with Crippen LogP contribution in [0.1, 0.15) is 29.8 Å². The van der Waals surface area contributed by atoms with Crippen LogP contribution in [0.3, 0.4) is 0 Å². The van der Waals surface area contributed by atoms with Crippen molar-refractivity contribution in [3.8, 4) is 5.75 Å². The molecule has 0 unspecified atom stereocenters. The number of ether oxygens (including phenoxy) is 1. The topological polar surface area (TPSA) is 128 Å². The molecule has 1 aliphatic heterocycles. The molecule has 0 saturated heterocycles. The number of aryl methyl sites for hydroxylation is 1. The summed E-state index contributed by atoms with van der Waals surface area (Å²) in [5, 5.41) is 14.9. The Balaban J connectivity index is 1.40. The van der Waals surface area contributed by atoms with Gasteiger partial charge >= 0.3 is 6.03 Å². The number of benzene rings is 4. The molecule has 0 fully saturated rings. The fraction of sp³-hybridized carbons (Fsp3) is 0.294. The van der Waals surface area contributed by atoms with Gasteiger partial charge < -0.3 is 25.0 Å². The zero-order valence-electron chi connectivity index (χ0n) is 25.7. The third-order valence-electron chi connectivity index (χ3n) is 8.08. The van der Waals surface area contributed by atoms with Crippen molar-refractivity contribution in [2.24, 2.45) is 5.92 Å². The quantitative estimate of drug-likeness (QED) is 0.241. The third kappa shape index (κ3) is 7.05. The van der Waals surface area contributed by atoms with Gasteiger partial charge in [0.25, 0.3) is 15.9 Å². The number of aliphatic hydroxyl groups excluding tert-OH is 1. The summed E-state index contributed by atoms with van der Waals surface area (Å²) in [7, 11) is -2.24. The molecule has 45 heavy (non-hydrogen) atoms. The highest BCUT2D eigenvalue weighted by Gasteiger charge is 2.34. The highest BCUT2D eigenvalue weighted by Crippen LogP contribution is 2.32. The van der Waals surface area contributed by atoms with E-state index in [1.165, 1.54) is 29.2 Å². The molecule has 0 radical (unpaired) electrons. The van der Waals surface area contributed by atoms with E-state index in [4.69, 9.17) is 4.74 Å². The number of nitrogens with zero attached hydrogens (tertiary/aromatic N) is 2. The lowest BCUT2D eigenvalue weighted by atomic mass is 9.99. The van der Waals surface area contributed by atoms with Crippen LogP contribution < -0.4 is 14.8 Å². The van der Waals surface area contributed by atoms with E-state index >= 15 is 0 Å². The smallest absolute Gasteiger partial charge is 0.321 e. The van der Waals surface area contributed by atoms with Crippen LogP contribution in [0.15, 0.2) is 89.8 Å². The Hall–Kier alpha value is -4.61. The van der Waals surface area contributed by atoms with Gasteiger partial charge in [-0.15, -0.1) is 0 Å². The number of carbonyl (C=O) groups excluding carboxylic acids is 2. The molecule has 0 saturated carbocycles. The lowest BCUT2D eigenvalue weighted by Crippen LogP contribution is -2.50. The van der Waals surface area contributed by atoms with Crippen molar-refractivity contribution in [1.82, 2.24) is 9.80 Å². The summed E-state index contributed by atoms with van der Waals surface area (Å²) in [5.41, 5.74) is 1.96. The molecule has 10 nitrogen and oxygen atoms in total. The van der Waals surface area contributed by atoms with Crippen LogP contribution >= 0.6 is 0 Å². The standard InChI is InChI=1S/C34H38N4O6S/c1-22-12-15-27(16-13-22)45(42,43)36-26-14-17-31-29(18-26)33(40)38(24(3)21-39)19-23(2)32(44-31)20-37(4)34(41)35-30-11-7-9-25-8-5-6-10-28(25)30/h5-18,23-24,32,36,39H,19-21H2,1-4H3,(H,35,41)/t23-,24-,32-/m0/s1. The van der Waals surface area contributed by atoms with Gasteiger partial charge in [-0.25, -0.2) is 13.2 Å². The van der Waals surface area contributed by atoms with Gasteiger partial charge in [-0.3, -0.25) is 9.52 Å². The number of fused-ring (bicyclic) bond motifs is 2. The first kappa shape index (κ1) is 31.8. The summed E-state index contributed by atoms with van der Waals surface area (Å²) >= 11 is 0. The normalized spacial score (nSPS) is 17.4. The predicted molar refractivity (Wildman–Crippen MR) is 175 cm³/mol. The molecule has 4 aromatic rings. The van der Waals surface area contributed by atoms with Crippen LogP contribution in [0.4, 0.5) is 16.2 Å². The van der Waals surface area contributed by atoms with Crippen molar-refractivity contribution in [2.75, 3.05) is 36.8 Å². The molecule has 3 N–H and O–H groups in total. The molecular formula is C34H38N4O6S. The lowest BCUT2D eigenvalue weighted by molar-refractivity contribution is 0.0371. The molecule has 0 aromatic heterocycles. The SMILES string of the molecule is Cc1ccc(S(=O)(=O)Nc2ccc3c(c2)C(=O)N([C@@H](C)CO)C[C@H](C)[C@H](CN(C)C(=O)Nc2cccc4ccccc24)O3)cc1. The monoisotopic (exact) mass is 630 g/mol. The Bertz CT molecular complexity index is 1810. The molecule has 1 heterocycles. The third-order valence-corrected chi connectivity index (χ3v) is 9.48. The zero-order valence-corrected chi connectivity index (χ0v) is 26.5. The number of aliphatic hydroxyl groups is 1. The molecule has 5 rings (SSSR count). The van der Waals surface area contributed by atoms with Gasteiger partial charge in [0, 0.05) is 30.6 Å². The molecule has 1 aliphatic rings. The van der Waals surface area contributed by atoms with Crippen molar-refractivity contribution >= 4 is 44.1 Å². The Labute approximate surface area is 263 Å². The Morgan fingerprint density at radius 2 is 1.78 bits per heavy atom. The van der Waals surface area contributed by atoms with Gasteiger partial charge in [0.05, 0.1) is 35.3 Å². The predicted octanol–water partition coefficient (Wildman–Crippen LogP) is 5.33. The van der Waals surface area contributed by atoms with E-state index in [-0.39, 0.29) is 53.5 Å². The fourth-order valence-electron chi connectivity index (χ4n) is 5.33. The van der Waals surface area contributed by atoms with E-state index in [9.17, 15) is 23.1 Å². The number of hydrogen-bond acceptors (Lipinski definition) is 6.